The summed E-state index contributed by atoms with van der Waals surface area (Å²) < 4.78 is 29.0. The highest BCUT2D eigenvalue weighted by Gasteiger charge is 2.17. The van der Waals surface area contributed by atoms with Crippen LogP contribution in [0.15, 0.2) is 84.9 Å². The van der Waals surface area contributed by atoms with E-state index in [-0.39, 0.29) is 11.6 Å². The minimum absolute atomic E-state index is 0.268. The van der Waals surface area contributed by atoms with Crippen LogP contribution in [0.5, 0.6) is 0 Å². The van der Waals surface area contributed by atoms with Gasteiger partial charge in [-0.3, -0.25) is 0 Å². The van der Waals surface area contributed by atoms with E-state index in [0.717, 1.165) is 39.3 Å². The van der Waals surface area contributed by atoms with Gasteiger partial charge in [0.05, 0.1) is 0 Å². The summed E-state index contributed by atoms with van der Waals surface area (Å²) in [6.07, 6.45) is 4.13. The lowest BCUT2D eigenvalue weighted by Gasteiger charge is -2.11. The van der Waals surface area contributed by atoms with Crippen LogP contribution in [-0.2, 0) is 7.05 Å². The van der Waals surface area contributed by atoms with Crippen molar-refractivity contribution in [3.8, 4) is 22.4 Å². The van der Waals surface area contributed by atoms with Crippen molar-refractivity contribution in [2.24, 2.45) is 7.05 Å². The lowest BCUT2D eigenvalue weighted by molar-refractivity contribution is -0.662. The van der Waals surface area contributed by atoms with E-state index in [9.17, 15) is 8.78 Å². The maximum absolute atomic E-state index is 13.5. The summed E-state index contributed by atoms with van der Waals surface area (Å²) in [5.41, 5.74) is 6.93. The molecule has 1 heterocycles. The number of halogens is 2. The van der Waals surface area contributed by atoms with Crippen molar-refractivity contribution in [3.63, 3.8) is 0 Å². The molecule has 0 spiro atoms. The van der Waals surface area contributed by atoms with Crippen LogP contribution in [-0.4, -0.2) is 14.1 Å². The Kier molecular flexibility index (Phi) is 6.13. The zero-order chi connectivity index (χ0) is 22.7. The molecule has 0 N–H and O–H groups in total. The molecule has 0 bridgehead atoms. The summed E-state index contributed by atoms with van der Waals surface area (Å²) in [5.74, 6) is -0.539. The van der Waals surface area contributed by atoms with Crippen LogP contribution in [0.25, 0.3) is 34.5 Å². The lowest BCUT2D eigenvalue weighted by Crippen LogP contribution is -2.34. The van der Waals surface area contributed by atoms with Crippen LogP contribution >= 0.6 is 0 Å². The van der Waals surface area contributed by atoms with Gasteiger partial charge in [-0.1, -0.05) is 24.3 Å². The zero-order valence-electron chi connectivity index (χ0n) is 18.4. The fourth-order valence-electron chi connectivity index (χ4n) is 3.61. The fourth-order valence-corrected chi connectivity index (χ4v) is 3.61. The van der Waals surface area contributed by atoms with Crippen LogP contribution in [0.3, 0.4) is 0 Å². The van der Waals surface area contributed by atoms with Crippen LogP contribution in [0.1, 0.15) is 11.3 Å². The molecule has 0 aliphatic rings. The van der Waals surface area contributed by atoms with Gasteiger partial charge in [0.1, 0.15) is 18.7 Å². The van der Waals surface area contributed by atoms with Crippen molar-refractivity contribution < 1.29 is 13.3 Å². The van der Waals surface area contributed by atoms with Crippen molar-refractivity contribution in [1.29, 1.82) is 0 Å². The third-order valence-electron chi connectivity index (χ3n) is 5.52. The second kappa shape index (κ2) is 9.15. The van der Waals surface area contributed by atoms with Gasteiger partial charge in [0.2, 0.25) is 11.4 Å². The maximum atomic E-state index is 13.5. The van der Waals surface area contributed by atoms with Crippen LogP contribution in [0, 0.1) is 11.6 Å². The van der Waals surface area contributed by atoms with Crippen molar-refractivity contribution in [2.75, 3.05) is 19.0 Å². The molecule has 4 heteroatoms. The Morgan fingerprint density at radius 3 is 1.78 bits per heavy atom. The molecule has 2 nitrogen and oxygen atoms in total. The number of nitrogens with zero attached hydrogens (tertiary/aromatic N) is 2. The van der Waals surface area contributed by atoms with E-state index >= 15 is 0 Å². The second-order valence-electron chi connectivity index (χ2n) is 7.95. The fraction of sp³-hybridized carbons (Fsp3) is 0.107. The van der Waals surface area contributed by atoms with E-state index < -0.39 is 0 Å². The van der Waals surface area contributed by atoms with E-state index in [1.165, 1.54) is 24.3 Å². The monoisotopic (exact) mass is 427 g/mol. The van der Waals surface area contributed by atoms with Gasteiger partial charge in [0.15, 0.2) is 0 Å². The number of aromatic nitrogens is 1. The summed E-state index contributed by atoms with van der Waals surface area (Å²) in [6.45, 7) is 0. The van der Waals surface area contributed by atoms with Crippen LogP contribution in [0.2, 0.25) is 0 Å². The summed E-state index contributed by atoms with van der Waals surface area (Å²) in [7, 11) is 6.02. The molecular weight excluding hydrogens is 402 g/mol. The number of benzene rings is 3. The molecule has 4 aromatic rings. The van der Waals surface area contributed by atoms with Crippen molar-refractivity contribution in [2.45, 2.75) is 0 Å². The maximum Gasteiger partial charge on any atom is 0.213 e. The summed E-state index contributed by atoms with van der Waals surface area (Å²) in [5, 5.41) is 0. The number of rotatable bonds is 5. The Morgan fingerprint density at radius 2 is 1.22 bits per heavy atom. The van der Waals surface area contributed by atoms with Gasteiger partial charge >= 0.3 is 0 Å². The van der Waals surface area contributed by atoms with Crippen molar-refractivity contribution in [1.82, 2.24) is 0 Å². The van der Waals surface area contributed by atoms with Crippen LogP contribution in [0.4, 0.5) is 14.5 Å². The molecule has 1 aromatic heterocycles. The predicted molar refractivity (Wildman–Crippen MR) is 128 cm³/mol. The number of pyridine rings is 1. The average Bonchev–Trinajstić information content (AvgIpc) is 2.80. The van der Waals surface area contributed by atoms with Gasteiger partial charge in [-0.05, 0) is 71.3 Å². The van der Waals surface area contributed by atoms with E-state index in [0.29, 0.717) is 0 Å². The Bertz CT molecular complexity index is 1240. The number of anilines is 1. The average molecular weight is 428 g/mol. The first kappa shape index (κ1) is 21.4. The summed E-state index contributed by atoms with van der Waals surface area (Å²) in [4.78, 5) is 2.06. The standard InChI is InChI=1S/C28H25F2N2/c1-31(2)26-15-4-20(5-16-26)6-17-27-18-23(21-7-11-24(29)12-8-21)19-28(32(27)3)22-9-13-25(30)14-10-22/h4-19H,1-3H3/q+1. The first-order chi connectivity index (χ1) is 15.4. The molecule has 0 amide bonds. The summed E-state index contributed by atoms with van der Waals surface area (Å²) in [6, 6.07) is 25.4. The topological polar surface area (TPSA) is 7.12 Å². The molecule has 0 radical (unpaired) electrons. The molecule has 0 aliphatic heterocycles. The third kappa shape index (κ3) is 4.75. The van der Waals surface area contributed by atoms with Crippen molar-refractivity contribution in [3.05, 3.63) is 108 Å². The van der Waals surface area contributed by atoms with E-state index in [4.69, 9.17) is 0 Å². The molecule has 0 saturated heterocycles. The highest BCUT2D eigenvalue weighted by Crippen LogP contribution is 2.26. The largest absolute Gasteiger partial charge is 0.378 e. The third-order valence-corrected chi connectivity index (χ3v) is 5.52. The van der Waals surface area contributed by atoms with E-state index in [2.05, 4.69) is 52.0 Å². The van der Waals surface area contributed by atoms with Gasteiger partial charge in [-0.2, -0.15) is 4.57 Å². The minimum Gasteiger partial charge on any atom is -0.378 e. The minimum atomic E-state index is -0.271. The highest BCUT2D eigenvalue weighted by atomic mass is 19.1. The molecular formula is C28H25F2N2+. The molecule has 32 heavy (non-hydrogen) atoms. The molecule has 4 rings (SSSR count). The van der Waals surface area contributed by atoms with Gasteiger partial charge in [-0.25, -0.2) is 8.78 Å². The Labute approximate surface area is 187 Å². The number of hydrogen-bond donors (Lipinski definition) is 0. The normalized spacial score (nSPS) is 11.2. The second-order valence-corrected chi connectivity index (χ2v) is 7.95. The quantitative estimate of drug-likeness (QED) is 0.336. The Hall–Kier alpha value is -3.79. The SMILES string of the molecule is CN(C)c1ccc(C=Cc2cc(-c3ccc(F)cc3)cc(-c3ccc(F)cc3)[n+]2C)cc1. The van der Waals surface area contributed by atoms with Gasteiger partial charge in [0, 0.05) is 43.6 Å². The van der Waals surface area contributed by atoms with Gasteiger partial charge in [0.25, 0.3) is 0 Å². The van der Waals surface area contributed by atoms with Crippen molar-refractivity contribution >= 4 is 17.8 Å². The molecule has 3 aromatic carbocycles. The van der Waals surface area contributed by atoms with E-state index in [1.54, 1.807) is 24.3 Å². The first-order valence-corrected chi connectivity index (χ1v) is 10.4. The van der Waals surface area contributed by atoms with Crippen LogP contribution < -0.4 is 9.47 Å². The molecule has 160 valence electrons. The molecule has 0 aliphatic carbocycles. The molecule has 0 saturated carbocycles. The molecule has 0 unspecified atom stereocenters. The molecule has 0 atom stereocenters. The zero-order valence-corrected chi connectivity index (χ0v) is 18.4. The Balaban J connectivity index is 1.79. The first-order valence-electron chi connectivity index (χ1n) is 10.4. The predicted octanol–water partition coefficient (Wildman–Crippen LogP) is 6.36. The Morgan fingerprint density at radius 1 is 0.656 bits per heavy atom. The number of hydrogen-bond acceptors (Lipinski definition) is 1. The van der Waals surface area contributed by atoms with Gasteiger partial charge in [-0.15, -0.1) is 0 Å². The van der Waals surface area contributed by atoms with Gasteiger partial charge < -0.3 is 4.90 Å². The smallest absolute Gasteiger partial charge is 0.213 e. The lowest BCUT2D eigenvalue weighted by atomic mass is 10.0. The van der Waals surface area contributed by atoms with E-state index in [1.807, 2.05) is 27.2 Å². The molecule has 0 fully saturated rings. The highest BCUT2D eigenvalue weighted by molar-refractivity contribution is 5.74. The summed E-state index contributed by atoms with van der Waals surface area (Å²) >= 11 is 0.